The number of aliphatic hydroxyl groups is 1. The number of ether oxygens (including phenoxy) is 1. The molecule has 0 saturated carbocycles. The maximum Gasteiger partial charge on any atom is 0.150 e. The summed E-state index contributed by atoms with van der Waals surface area (Å²) in [4.78, 5) is 11.2. The van der Waals surface area contributed by atoms with E-state index in [0.717, 1.165) is 43.1 Å². The summed E-state index contributed by atoms with van der Waals surface area (Å²) in [5, 5.41) is 8.80. The predicted molar refractivity (Wildman–Crippen MR) is 69.8 cm³/mol. The molecule has 0 spiro atoms. The second kappa shape index (κ2) is 6.11. The van der Waals surface area contributed by atoms with E-state index in [1.54, 1.807) is 6.20 Å². The van der Waals surface area contributed by atoms with Gasteiger partial charge in [0.05, 0.1) is 30.7 Å². The van der Waals surface area contributed by atoms with Gasteiger partial charge in [-0.15, -0.1) is 0 Å². The Kier molecular flexibility index (Phi) is 4.49. The van der Waals surface area contributed by atoms with Crippen molar-refractivity contribution in [1.82, 2.24) is 9.97 Å². The summed E-state index contributed by atoms with van der Waals surface area (Å²) in [6.07, 6.45) is 4.12. The molecule has 1 fully saturated rings. The summed E-state index contributed by atoms with van der Waals surface area (Å²) in [7, 11) is 0. The molecule has 2 rings (SSSR count). The molecule has 1 unspecified atom stereocenters. The van der Waals surface area contributed by atoms with Gasteiger partial charge in [0.1, 0.15) is 5.82 Å². The number of aliphatic hydroxyl groups excluding tert-OH is 1. The third-order valence-corrected chi connectivity index (χ3v) is 3.17. The molecule has 18 heavy (non-hydrogen) atoms. The smallest absolute Gasteiger partial charge is 0.150 e. The van der Waals surface area contributed by atoms with Crippen molar-refractivity contribution < 1.29 is 9.84 Å². The van der Waals surface area contributed by atoms with Gasteiger partial charge in [0.15, 0.2) is 0 Å². The lowest BCUT2D eigenvalue weighted by atomic mass is 10.1. The van der Waals surface area contributed by atoms with E-state index in [0.29, 0.717) is 6.61 Å². The van der Waals surface area contributed by atoms with Crippen LogP contribution < -0.4 is 4.90 Å². The topological polar surface area (TPSA) is 58.5 Å². The summed E-state index contributed by atoms with van der Waals surface area (Å²) in [5.41, 5.74) is 1.90. The summed E-state index contributed by atoms with van der Waals surface area (Å²) in [6.45, 7) is 6.27. The van der Waals surface area contributed by atoms with Crippen molar-refractivity contribution in [1.29, 1.82) is 0 Å². The summed E-state index contributed by atoms with van der Waals surface area (Å²) in [6, 6.07) is 0. The Balaban J connectivity index is 2.05. The highest BCUT2D eigenvalue weighted by Crippen LogP contribution is 2.21. The molecule has 0 bridgehead atoms. The monoisotopic (exact) mass is 251 g/mol. The summed E-state index contributed by atoms with van der Waals surface area (Å²) < 4.78 is 5.61. The minimum Gasteiger partial charge on any atom is -0.394 e. The molecule has 0 radical (unpaired) electrons. The van der Waals surface area contributed by atoms with Crippen molar-refractivity contribution in [2.24, 2.45) is 0 Å². The van der Waals surface area contributed by atoms with Crippen LogP contribution in [0.5, 0.6) is 0 Å². The minimum absolute atomic E-state index is 0.0831. The first-order valence-electron chi connectivity index (χ1n) is 6.48. The third kappa shape index (κ3) is 3.17. The Hall–Kier alpha value is -1.20. The molecule has 0 aromatic carbocycles. The first kappa shape index (κ1) is 13.2. The normalized spacial score (nSPS) is 20.2. The molecule has 5 heteroatoms. The molecule has 1 aromatic rings. The molecule has 5 nitrogen and oxygen atoms in total. The van der Waals surface area contributed by atoms with Gasteiger partial charge in [0.2, 0.25) is 0 Å². The number of nitrogens with zero attached hydrogens (tertiary/aromatic N) is 3. The molecule has 1 saturated heterocycles. The van der Waals surface area contributed by atoms with Crippen LogP contribution in [0.3, 0.4) is 0 Å². The number of anilines is 1. The van der Waals surface area contributed by atoms with E-state index in [9.17, 15) is 0 Å². The van der Waals surface area contributed by atoms with Crippen molar-refractivity contribution in [3.05, 3.63) is 17.6 Å². The largest absolute Gasteiger partial charge is 0.394 e. The highest BCUT2D eigenvalue weighted by Gasteiger charge is 2.22. The summed E-state index contributed by atoms with van der Waals surface area (Å²) >= 11 is 0. The number of aryl methyl sites for hydroxylation is 2. The zero-order valence-electron chi connectivity index (χ0n) is 11.1. The van der Waals surface area contributed by atoms with Crippen LogP contribution in [0.25, 0.3) is 0 Å². The van der Waals surface area contributed by atoms with Gasteiger partial charge in [-0.05, 0) is 26.7 Å². The molecular weight excluding hydrogens is 230 g/mol. The molecule has 1 atom stereocenters. The molecule has 1 aromatic heterocycles. The second-order valence-corrected chi connectivity index (χ2v) is 4.73. The van der Waals surface area contributed by atoms with E-state index < -0.39 is 0 Å². The van der Waals surface area contributed by atoms with E-state index in [-0.39, 0.29) is 12.7 Å². The van der Waals surface area contributed by atoms with Crippen LogP contribution in [0.15, 0.2) is 6.20 Å². The van der Waals surface area contributed by atoms with Crippen molar-refractivity contribution in [2.45, 2.75) is 32.8 Å². The number of hydrogen-bond donors (Lipinski definition) is 1. The van der Waals surface area contributed by atoms with E-state index in [2.05, 4.69) is 14.9 Å². The van der Waals surface area contributed by atoms with Crippen LogP contribution in [0.2, 0.25) is 0 Å². The molecule has 1 N–H and O–H groups in total. The molecule has 1 aliphatic rings. The predicted octanol–water partition coefficient (Wildman–Crippen LogP) is 1.07. The number of piperidine rings is 1. The van der Waals surface area contributed by atoms with E-state index >= 15 is 0 Å². The Labute approximate surface area is 108 Å². The second-order valence-electron chi connectivity index (χ2n) is 4.73. The number of hydrogen-bond acceptors (Lipinski definition) is 5. The van der Waals surface area contributed by atoms with Crippen molar-refractivity contribution >= 4 is 5.82 Å². The fourth-order valence-corrected chi connectivity index (χ4v) is 2.31. The molecular formula is C13H21N3O2. The average Bonchev–Trinajstić information content (AvgIpc) is 2.39. The van der Waals surface area contributed by atoms with Crippen LogP contribution >= 0.6 is 0 Å². The van der Waals surface area contributed by atoms with Crippen LogP contribution in [0, 0.1) is 13.8 Å². The van der Waals surface area contributed by atoms with Gasteiger partial charge in [-0.3, -0.25) is 4.98 Å². The first-order valence-corrected chi connectivity index (χ1v) is 6.48. The van der Waals surface area contributed by atoms with Crippen LogP contribution in [0.1, 0.15) is 24.2 Å². The van der Waals surface area contributed by atoms with Crippen LogP contribution in [-0.2, 0) is 4.74 Å². The number of aromatic nitrogens is 2. The quantitative estimate of drug-likeness (QED) is 0.867. The lowest BCUT2D eigenvalue weighted by molar-refractivity contribution is 0.0213. The van der Waals surface area contributed by atoms with Crippen molar-refractivity contribution in [2.75, 3.05) is 31.2 Å². The molecule has 0 aliphatic carbocycles. The fourth-order valence-electron chi connectivity index (χ4n) is 2.31. The lowest BCUT2D eigenvalue weighted by Crippen LogP contribution is -2.41. The molecule has 2 heterocycles. The van der Waals surface area contributed by atoms with Crippen LogP contribution in [0.4, 0.5) is 5.82 Å². The van der Waals surface area contributed by atoms with Crippen molar-refractivity contribution in [3.8, 4) is 0 Å². The lowest BCUT2D eigenvalue weighted by Gasteiger charge is -2.34. The average molecular weight is 251 g/mol. The standard InChI is InChI=1S/C13H21N3O2/c1-10-8-14-11(2)13(15-10)16-5-3-4-12(9-16)18-7-6-17/h8,12,17H,3-7,9H2,1-2H3. The van der Waals surface area contributed by atoms with Gasteiger partial charge < -0.3 is 14.7 Å². The molecule has 100 valence electrons. The Morgan fingerprint density at radius 2 is 2.33 bits per heavy atom. The van der Waals surface area contributed by atoms with E-state index in [1.807, 2.05) is 13.8 Å². The fraction of sp³-hybridized carbons (Fsp3) is 0.692. The first-order chi connectivity index (χ1) is 8.70. The third-order valence-electron chi connectivity index (χ3n) is 3.17. The van der Waals surface area contributed by atoms with E-state index in [1.165, 1.54) is 0 Å². The maximum atomic E-state index is 8.80. The summed E-state index contributed by atoms with van der Waals surface area (Å²) in [5.74, 6) is 0.965. The van der Waals surface area contributed by atoms with Gasteiger partial charge in [-0.25, -0.2) is 4.98 Å². The Morgan fingerprint density at radius 3 is 3.11 bits per heavy atom. The van der Waals surface area contributed by atoms with Gasteiger partial charge >= 0.3 is 0 Å². The Bertz CT molecular complexity index is 398. The number of rotatable bonds is 4. The highest BCUT2D eigenvalue weighted by molar-refractivity contribution is 5.43. The highest BCUT2D eigenvalue weighted by atomic mass is 16.5. The van der Waals surface area contributed by atoms with Gasteiger partial charge in [0.25, 0.3) is 0 Å². The Morgan fingerprint density at radius 1 is 1.50 bits per heavy atom. The van der Waals surface area contributed by atoms with Gasteiger partial charge in [-0.2, -0.15) is 0 Å². The van der Waals surface area contributed by atoms with Crippen molar-refractivity contribution in [3.63, 3.8) is 0 Å². The minimum atomic E-state index is 0.0831. The maximum absolute atomic E-state index is 8.80. The zero-order valence-corrected chi connectivity index (χ0v) is 11.1. The molecule has 1 aliphatic heterocycles. The van der Waals surface area contributed by atoms with Crippen LogP contribution in [-0.4, -0.2) is 47.5 Å². The zero-order chi connectivity index (χ0) is 13.0. The molecule has 0 amide bonds. The van der Waals surface area contributed by atoms with E-state index in [4.69, 9.17) is 9.84 Å². The van der Waals surface area contributed by atoms with Gasteiger partial charge in [-0.1, -0.05) is 0 Å². The SMILES string of the molecule is Cc1cnc(C)c(N2CCCC(OCCO)C2)n1. The van der Waals surface area contributed by atoms with Gasteiger partial charge in [0, 0.05) is 19.3 Å².